The molecule has 1 fully saturated rings. The Morgan fingerprint density at radius 2 is 1.95 bits per heavy atom. The quantitative estimate of drug-likeness (QED) is 0.663. The van der Waals surface area contributed by atoms with Gasteiger partial charge in [0.1, 0.15) is 0 Å². The number of rotatable bonds is 8. The largest absolute Gasteiger partial charge is 0.463 e. The Morgan fingerprint density at radius 1 is 1.20 bits per heavy atom. The van der Waals surface area contributed by atoms with Crippen molar-refractivity contribution >= 4 is 11.9 Å². The Balaban J connectivity index is 2.15. The first-order valence-electron chi connectivity index (χ1n) is 7.23. The summed E-state index contributed by atoms with van der Waals surface area (Å²) < 4.78 is 5.48. The molecule has 1 aliphatic carbocycles. The lowest BCUT2D eigenvalue weighted by Crippen LogP contribution is -2.48. The fourth-order valence-electron chi connectivity index (χ4n) is 2.07. The molecule has 0 radical (unpaired) electrons. The molecule has 0 saturated heterocycles. The van der Waals surface area contributed by atoms with E-state index < -0.39 is 0 Å². The Hall–Kier alpha value is -1.63. The molecular weight excluding hydrogens is 258 g/mol. The molecule has 1 aliphatic rings. The van der Waals surface area contributed by atoms with Gasteiger partial charge in [-0.05, 0) is 32.6 Å². The molecule has 1 saturated carbocycles. The Labute approximate surface area is 119 Å². The van der Waals surface area contributed by atoms with Gasteiger partial charge < -0.3 is 20.5 Å². The second kappa shape index (κ2) is 6.69. The van der Waals surface area contributed by atoms with Crippen molar-refractivity contribution in [2.75, 3.05) is 30.4 Å². The molecule has 112 valence electrons. The molecule has 2 rings (SSSR count). The molecule has 0 bridgehead atoms. The molecule has 1 aromatic rings. The van der Waals surface area contributed by atoms with Crippen molar-refractivity contribution in [1.82, 2.24) is 15.0 Å². The Kier molecular flexibility index (Phi) is 4.94. The van der Waals surface area contributed by atoms with Gasteiger partial charge in [0, 0.05) is 6.54 Å². The summed E-state index contributed by atoms with van der Waals surface area (Å²) in [7, 11) is 0. The second-order valence-electron chi connectivity index (χ2n) is 5.06. The van der Waals surface area contributed by atoms with Crippen molar-refractivity contribution in [2.45, 2.75) is 45.1 Å². The van der Waals surface area contributed by atoms with Crippen LogP contribution in [-0.2, 0) is 0 Å². The second-order valence-corrected chi connectivity index (χ2v) is 5.06. The third-order valence-electron chi connectivity index (χ3n) is 3.38. The van der Waals surface area contributed by atoms with Crippen LogP contribution in [0.15, 0.2) is 0 Å². The number of anilines is 2. The van der Waals surface area contributed by atoms with Gasteiger partial charge in [0.05, 0.1) is 18.8 Å². The zero-order valence-corrected chi connectivity index (χ0v) is 12.1. The third-order valence-corrected chi connectivity index (χ3v) is 3.38. The first-order chi connectivity index (χ1) is 9.71. The molecule has 0 unspecified atom stereocenters. The van der Waals surface area contributed by atoms with Crippen LogP contribution in [0.4, 0.5) is 11.9 Å². The molecule has 0 atom stereocenters. The summed E-state index contributed by atoms with van der Waals surface area (Å²) in [6.45, 7) is 5.38. The van der Waals surface area contributed by atoms with E-state index in [9.17, 15) is 5.11 Å². The highest BCUT2D eigenvalue weighted by molar-refractivity contribution is 5.38. The normalized spacial score (nSPS) is 16.4. The van der Waals surface area contributed by atoms with Crippen LogP contribution >= 0.6 is 0 Å². The van der Waals surface area contributed by atoms with Crippen LogP contribution in [0.5, 0.6) is 6.01 Å². The van der Waals surface area contributed by atoms with Crippen LogP contribution in [0, 0.1) is 0 Å². The fraction of sp³-hybridized carbons (Fsp3) is 0.769. The number of ether oxygens (including phenoxy) is 1. The van der Waals surface area contributed by atoms with Crippen LogP contribution in [0.3, 0.4) is 0 Å². The smallest absolute Gasteiger partial charge is 0.323 e. The van der Waals surface area contributed by atoms with Gasteiger partial charge in [0.15, 0.2) is 0 Å². The molecule has 0 aromatic carbocycles. The number of hydrogen-bond acceptors (Lipinski definition) is 7. The zero-order chi connectivity index (χ0) is 14.4. The number of nitrogens with zero attached hydrogens (tertiary/aromatic N) is 3. The molecule has 0 spiro atoms. The molecular formula is C13H23N5O2. The molecule has 0 aliphatic heterocycles. The topological polar surface area (TPSA) is 92.2 Å². The molecule has 7 heteroatoms. The van der Waals surface area contributed by atoms with Gasteiger partial charge in [-0.2, -0.15) is 15.0 Å². The zero-order valence-electron chi connectivity index (χ0n) is 12.1. The van der Waals surface area contributed by atoms with E-state index in [1.807, 2.05) is 13.8 Å². The van der Waals surface area contributed by atoms with Crippen molar-refractivity contribution in [1.29, 1.82) is 0 Å². The van der Waals surface area contributed by atoms with E-state index in [1.54, 1.807) is 0 Å². The van der Waals surface area contributed by atoms with Gasteiger partial charge in [-0.15, -0.1) is 0 Å². The standard InChI is InChI=1S/C13H23N5O2/c1-3-8-20-12-16-10(14-4-2)15-11(17-12)18-13(9-19)6-5-7-13/h19H,3-9H2,1-2H3,(H2,14,15,16,17,18). The lowest BCUT2D eigenvalue weighted by atomic mass is 9.77. The van der Waals surface area contributed by atoms with Gasteiger partial charge in [-0.1, -0.05) is 6.92 Å². The number of aromatic nitrogens is 3. The Morgan fingerprint density at radius 3 is 2.50 bits per heavy atom. The first kappa shape index (κ1) is 14.8. The molecule has 3 N–H and O–H groups in total. The van der Waals surface area contributed by atoms with Crippen LogP contribution in [0.25, 0.3) is 0 Å². The Bertz CT molecular complexity index is 431. The summed E-state index contributed by atoms with van der Waals surface area (Å²) in [5.41, 5.74) is -0.285. The molecule has 7 nitrogen and oxygen atoms in total. The van der Waals surface area contributed by atoms with E-state index in [0.29, 0.717) is 24.5 Å². The minimum absolute atomic E-state index is 0.0837. The minimum atomic E-state index is -0.285. The van der Waals surface area contributed by atoms with Crippen molar-refractivity contribution in [3.05, 3.63) is 0 Å². The van der Waals surface area contributed by atoms with Gasteiger partial charge in [0.2, 0.25) is 11.9 Å². The van der Waals surface area contributed by atoms with Gasteiger partial charge >= 0.3 is 6.01 Å². The summed E-state index contributed by atoms with van der Waals surface area (Å²) in [6, 6.07) is 0.313. The molecule has 1 aromatic heterocycles. The van der Waals surface area contributed by atoms with E-state index in [-0.39, 0.29) is 12.1 Å². The number of nitrogens with one attached hydrogen (secondary N) is 2. The number of aliphatic hydroxyl groups excluding tert-OH is 1. The van der Waals surface area contributed by atoms with Crippen molar-refractivity contribution in [3.8, 4) is 6.01 Å². The van der Waals surface area contributed by atoms with E-state index >= 15 is 0 Å². The maximum atomic E-state index is 9.50. The van der Waals surface area contributed by atoms with E-state index in [2.05, 4.69) is 25.6 Å². The maximum absolute atomic E-state index is 9.50. The summed E-state index contributed by atoms with van der Waals surface area (Å²) in [6.07, 6.45) is 3.86. The van der Waals surface area contributed by atoms with Gasteiger partial charge in [-0.3, -0.25) is 0 Å². The van der Waals surface area contributed by atoms with Crippen LogP contribution in [0.1, 0.15) is 39.5 Å². The van der Waals surface area contributed by atoms with Crippen LogP contribution in [0.2, 0.25) is 0 Å². The highest BCUT2D eigenvalue weighted by Crippen LogP contribution is 2.34. The fourth-order valence-corrected chi connectivity index (χ4v) is 2.07. The summed E-state index contributed by atoms with van der Waals surface area (Å²) in [4.78, 5) is 12.8. The number of aliphatic hydroxyl groups is 1. The predicted octanol–water partition coefficient (Wildman–Crippen LogP) is 1.42. The lowest BCUT2D eigenvalue weighted by molar-refractivity contribution is 0.143. The average Bonchev–Trinajstić information content (AvgIpc) is 2.41. The SMILES string of the molecule is CCCOc1nc(NCC)nc(NC2(CO)CCC2)n1. The van der Waals surface area contributed by atoms with E-state index in [1.165, 1.54) is 0 Å². The summed E-state index contributed by atoms with van der Waals surface area (Å²) in [5, 5.41) is 15.8. The predicted molar refractivity (Wildman–Crippen MR) is 77.1 cm³/mol. The lowest BCUT2D eigenvalue weighted by Gasteiger charge is -2.40. The highest BCUT2D eigenvalue weighted by atomic mass is 16.5. The third kappa shape index (κ3) is 3.47. The molecule has 1 heterocycles. The highest BCUT2D eigenvalue weighted by Gasteiger charge is 2.37. The molecule has 20 heavy (non-hydrogen) atoms. The average molecular weight is 281 g/mol. The first-order valence-corrected chi connectivity index (χ1v) is 7.23. The van der Waals surface area contributed by atoms with Crippen LogP contribution < -0.4 is 15.4 Å². The van der Waals surface area contributed by atoms with E-state index in [4.69, 9.17) is 4.74 Å². The van der Waals surface area contributed by atoms with E-state index in [0.717, 1.165) is 32.2 Å². The van der Waals surface area contributed by atoms with Crippen molar-refractivity contribution in [3.63, 3.8) is 0 Å². The van der Waals surface area contributed by atoms with Gasteiger partial charge in [0.25, 0.3) is 0 Å². The maximum Gasteiger partial charge on any atom is 0.323 e. The minimum Gasteiger partial charge on any atom is -0.463 e. The summed E-state index contributed by atoms with van der Waals surface area (Å²) in [5.74, 6) is 0.944. The van der Waals surface area contributed by atoms with Gasteiger partial charge in [-0.25, -0.2) is 0 Å². The molecule has 0 amide bonds. The van der Waals surface area contributed by atoms with Crippen LogP contribution in [-0.4, -0.2) is 45.4 Å². The number of hydrogen-bond donors (Lipinski definition) is 3. The summed E-state index contributed by atoms with van der Waals surface area (Å²) >= 11 is 0. The monoisotopic (exact) mass is 281 g/mol. The van der Waals surface area contributed by atoms with Crippen molar-refractivity contribution < 1.29 is 9.84 Å². The van der Waals surface area contributed by atoms with Crippen molar-refractivity contribution in [2.24, 2.45) is 0 Å².